The quantitative estimate of drug-likeness (QED) is 0.793. The van der Waals surface area contributed by atoms with Crippen molar-refractivity contribution >= 4 is 22.4 Å². The molecule has 1 fully saturated rings. The van der Waals surface area contributed by atoms with E-state index in [0.717, 1.165) is 19.3 Å². The zero-order valence-corrected chi connectivity index (χ0v) is 8.64. The first-order valence-corrected chi connectivity index (χ1v) is 5.54. The Kier molecular flexibility index (Phi) is 2.52. The first-order chi connectivity index (χ1) is 6.68. The van der Waals surface area contributed by atoms with Crippen LogP contribution in [0, 0.1) is 0 Å². The second-order valence-electron chi connectivity index (χ2n) is 3.78. The summed E-state index contributed by atoms with van der Waals surface area (Å²) >= 11 is 1.42. The number of amides is 1. The number of nitrogens with zero attached hydrogens (tertiary/aromatic N) is 1. The highest BCUT2D eigenvalue weighted by Gasteiger charge is 2.34. The van der Waals surface area contributed by atoms with Gasteiger partial charge < -0.3 is 11.1 Å². The van der Waals surface area contributed by atoms with Gasteiger partial charge in [-0.05, 0) is 19.3 Å². The predicted octanol–water partition coefficient (Wildman–Crippen LogP) is 1.35. The van der Waals surface area contributed by atoms with E-state index in [4.69, 9.17) is 5.73 Å². The van der Waals surface area contributed by atoms with Gasteiger partial charge in [0.2, 0.25) is 5.91 Å². The molecular formula is C9H13N3OS. The summed E-state index contributed by atoms with van der Waals surface area (Å²) in [6, 6.07) is 0. The van der Waals surface area contributed by atoms with Crippen molar-refractivity contribution in [2.45, 2.75) is 31.2 Å². The molecule has 1 amide bonds. The Morgan fingerprint density at radius 2 is 2.50 bits per heavy atom. The highest BCUT2D eigenvalue weighted by atomic mass is 32.1. The van der Waals surface area contributed by atoms with Crippen molar-refractivity contribution in [1.29, 1.82) is 0 Å². The van der Waals surface area contributed by atoms with Gasteiger partial charge in [-0.3, -0.25) is 4.79 Å². The fraction of sp³-hybridized carbons (Fsp3) is 0.556. The average molecular weight is 211 g/mol. The van der Waals surface area contributed by atoms with Crippen molar-refractivity contribution in [3.05, 3.63) is 11.6 Å². The van der Waals surface area contributed by atoms with Crippen LogP contribution in [0.5, 0.6) is 0 Å². The molecule has 1 heterocycles. The molecule has 5 heteroatoms. The van der Waals surface area contributed by atoms with E-state index in [2.05, 4.69) is 10.3 Å². The molecule has 4 nitrogen and oxygen atoms in total. The maximum atomic E-state index is 11.5. The molecule has 0 radical (unpaired) electrons. The maximum Gasteiger partial charge on any atom is 0.228 e. The zero-order chi connectivity index (χ0) is 10.0. The molecule has 0 saturated heterocycles. The summed E-state index contributed by atoms with van der Waals surface area (Å²) in [5.74, 6) is -0.0258. The number of thiazole rings is 1. The van der Waals surface area contributed by atoms with E-state index in [1.165, 1.54) is 11.3 Å². The lowest BCUT2D eigenvalue weighted by atomic mass is 9.75. The maximum absolute atomic E-state index is 11.5. The first kappa shape index (κ1) is 9.61. The third-order valence-corrected chi connectivity index (χ3v) is 3.23. The largest absolute Gasteiger partial charge is 0.325 e. The fourth-order valence-electron chi connectivity index (χ4n) is 1.58. The van der Waals surface area contributed by atoms with Gasteiger partial charge in [-0.2, -0.15) is 0 Å². The minimum Gasteiger partial charge on any atom is -0.325 e. The topological polar surface area (TPSA) is 68.0 Å². The van der Waals surface area contributed by atoms with Crippen LogP contribution >= 0.6 is 11.3 Å². The van der Waals surface area contributed by atoms with Crippen molar-refractivity contribution in [2.24, 2.45) is 5.73 Å². The first-order valence-electron chi connectivity index (χ1n) is 4.66. The number of nitrogens with one attached hydrogen (secondary N) is 1. The minimum atomic E-state index is -0.249. The van der Waals surface area contributed by atoms with E-state index in [1.807, 2.05) is 5.38 Å². The summed E-state index contributed by atoms with van der Waals surface area (Å²) in [5, 5.41) is 5.22. The van der Waals surface area contributed by atoms with Gasteiger partial charge in [-0.1, -0.05) is 0 Å². The van der Waals surface area contributed by atoms with Crippen molar-refractivity contribution in [3.8, 4) is 0 Å². The summed E-state index contributed by atoms with van der Waals surface area (Å²) in [6.07, 6.45) is 5.13. The summed E-state index contributed by atoms with van der Waals surface area (Å²) in [4.78, 5) is 15.5. The number of hydrogen-bond donors (Lipinski definition) is 2. The molecular weight excluding hydrogens is 198 g/mol. The summed E-state index contributed by atoms with van der Waals surface area (Å²) in [7, 11) is 0. The summed E-state index contributed by atoms with van der Waals surface area (Å²) in [5.41, 5.74) is 5.71. The highest BCUT2D eigenvalue weighted by molar-refractivity contribution is 7.13. The molecule has 76 valence electrons. The van der Waals surface area contributed by atoms with Crippen LogP contribution in [-0.4, -0.2) is 16.4 Å². The summed E-state index contributed by atoms with van der Waals surface area (Å²) < 4.78 is 0. The summed E-state index contributed by atoms with van der Waals surface area (Å²) in [6.45, 7) is 0. The van der Waals surface area contributed by atoms with Gasteiger partial charge >= 0.3 is 0 Å². The number of carbonyl (C=O) groups is 1. The van der Waals surface area contributed by atoms with Crippen LogP contribution in [0.3, 0.4) is 0 Å². The van der Waals surface area contributed by atoms with Gasteiger partial charge in [0.05, 0.1) is 0 Å². The molecule has 0 bridgehead atoms. The van der Waals surface area contributed by atoms with E-state index in [1.54, 1.807) is 6.20 Å². The van der Waals surface area contributed by atoms with E-state index in [0.29, 0.717) is 11.6 Å². The standard InChI is InChI=1S/C9H13N3OS/c10-9(2-1-3-9)6-7(13)12-8-11-4-5-14-8/h4-5H,1-3,6,10H2,(H,11,12,13). The lowest BCUT2D eigenvalue weighted by Gasteiger charge is -2.37. The second kappa shape index (κ2) is 3.67. The smallest absolute Gasteiger partial charge is 0.228 e. The Hall–Kier alpha value is -0.940. The Morgan fingerprint density at radius 3 is 3.00 bits per heavy atom. The molecule has 0 spiro atoms. The van der Waals surface area contributed by atoms with Crippen molar-refractivity contribution in [3.63, 3.8) is 0 Å². The molecule has 1 aromatic rings. The van der Waals surface area contributed by atoms with Gasteiger partial charge in [-0.15, -0.1) is 11.3 Å². The van der Waals surface area contributed by atoms with Crippen LogP contribution in [0.25, 0.3) is 0 Å². The Balaban J connectivity index is 1.84. The number of aromatic nitrogens is 1. The number of nitrogens with two attached hydrogens (primary N) is 1. The van der Waals surface area contributed by atoms with E-state index in [-0.39, 0.29) is 11.4 Å². The van der Waals surface area contributed by atoms with E-state index < -0.39 is 0 Å². The van der Waals surface area contributed by atoms with Crippen LogP contribution in [0.15, 0.2) is 11.6 Å². The Morgan fingerprint density at radius 1 is 1.71 bits per heavy atom. The third-order valence-electron chi connectivity index (χ3n) is 2.54. The number of hydrogen-bond acceptors (Lipinski definition) is 4. The molecule has 1 saturated carbocycles. The molecule has 0 aromatic carbocycles. The number of carbonyl (C=O) groups excluding carboxylic acids is 1. The normalized spacial score (nSPS) is 18.6. The van der Waals surface area contributed by atoms with Crippen LogP contribution in [0.2, 0.25) is 0 Å². The van der Waals surface area contributed by atoms with Crippen molar-refractivity contribution in [2.75, 3.05) is 5.32 Å². The minimum absolute atomic E-state index is 0.0258. The second-order valence-corrected chi connectivity index (χ2v) is 4.67. The molecule has 2 rings (SSSR count). The van der Waals surface area contributed by atoms with E-state index in [9.17, 15) is 4.79 Å². The number of anilines is 1. The molecule has 1 aliphatic carbocycles. The molecule has 0 aliphatic heterocycles. The van der Waals surface area contributed by atoms with Crippen LogP contribution in [0.4, 0.5) is 5.13 Å². The van der Waals surface area contributed by atoms with Crippen LogP contribution < -0.4 is 11.1 Å². The van der Waals surface area contributed by atoms with E-state index >= 15 is 0 Å². The van der Waals surface area contributed by atoms with Gasteiger partial charge in [-0.25, -0.2) is 4.98 Å². The fourth-order valence-corrected chi connectivity index (χ4v) is 2.12. The number of rotatable bonds is 3. The predicted molar refractivity (Wildman–Crippen MR) is 56.1 cm³/mol. The average Bonchev–Trinajstić information content (AvgIpc) is 2.53. The Labute approximate surface area is 86.5 Å². The van der Waals surface area contributed by atoms with Crippen LogP contribution in [0.1, 0.15) is 25.7 Å². The molecule has 0 unspecified atom stereocenters. The Bertz CT molecular complexity index is 319. The van der Waals surface area contributed by atoms with Crippen molar-refractivity contribution in [1.82, 2.24) is 4.98 Å². The molecule has 14 heavy (non-hydrogen) atoms. The molecule has 1 aliphatic rings. The SMILES string of the molecule is NC1(CC(=O)Nc2nccs2)CCC1. The monoisotopic (exact) mass is 211 g/mol. The molecule has 3 N–H and O–H groups in total. The van der Waals surface area contributed by atoms with Gasteiger partial charge in [0, 0.05) is 23.5 Å². The molecule has 1 aromatic heterocycles. The lowest BCUT2D eigenvalue weighted by molar-refractivity contribution is -0.118. The van der Waals surface area contributed by atoms with Gasteiger partial charge in [0.15, 0.2) is 5.13 Å². The third kappa shape index (κ3) is 2.10. The van der Waals surface area contributed by atoms with Crippen LogP contribution in [-0.2, 0) is 4.79 Å². The van der Waals surface area contributed by atoms with Gasteiger partial charge in [0.1, 0.15) is 0 Å². The molecule has 0 atom stereocenters. The highest BCUT2D eigenvalue weighted by Crippen LogP contribution is 2.32. The zero-order valence-electron chi connectivity index (χ0n) is 7.82. The van der Waals surface area contributed by atoms with Crippen molar-refractivity contribution < 1.29 is 4.79 Å². The lowest BCUT2D eigenvalue weighted by Crippen LogP contribution is -2.48. The van der Waals surface area contributed by atoms with Gasteiger partial charge in [0.25, 0.3) is 0 Å².